The molecular formula is C9H9NO3P+. The van der Waals surface area contributed by atoms with E-state index in [1.807, 2.05) is 30.6 Å². The van der Waals surface area contributed by atoms with E-state index in [0.29, 0.717) is 0 Å². The highest BCUT2D eigenvalue weighted by atomic mass is 31.1. The van der Waals surface area contributed by atoms with Gasteiger partial charge >= 0.3 is 8.25 Å². The summed E-state index contributed by atoms with van der Waals surface area (Å²) in [7, 11) is -2.87. The maximum Gasteiger partial charge on any atom is 0.692 e. The Hall–Kier alpha value is -1.35. The summed E-state index contributed by atoms with van der Waals surface area (Å²) in [4.78, 5) is 18.3. The van der Waals surface area contributed by atoms with Crippen molar-refractivity contribution in [2.24, 2.45) is 0 Å². The van der Waals surface area contributed by atoms with Crippen molar-refractivity contribution in [3.8, 4) is 0 Å². The zero-order valence-corrected chi connectivity index (χ0v) is 8.13. The van der Waals surface area contributed by atoms with Crippen molar-refractivity contribution in [1.29, 1.82) is 0 Å². The number of nitrogens with zero attached hydrogens (tertiary/aromatic N) is 1. The molecule has 0 amide bonds. The van der Waals surface area contributed by atoms with Crippen molar-refractivity contribution >= 4 is 19.0 Å². The molecule has 1 aromatic heterocycles. The molecule has 0 bridgehead atoms. The lowest BCUT2D eigenvalue weighted by atomic mass is 10.2. The molecule has 1 heterocycles. The fourth-order valence-corrected chi connectivity index (χ4v) is 1.03. The van der Waals surface area contributed by atoms with Crippen LogP contribution in [0.4, 0.5) is 0 Å². The van der Waals surface area contributed by atoms with Crippen LogP contribution in [0.2, 0.25) is 0 Å². The summed E-state index contributed by atoms with van der Waals surface area (Å²) in [6, 6.07) is 10.2. The highest BCUT2D eigenvalue weighted by Crippen LogP contribution is 2.09. The van der Waals surface area contributed by atoms with Gasteiger partial charge in [-0.1, -0.05) is 24.3 Å². The minimum absolute atomic E-state index is 1.20. The van der Waals surface area contributed by atoms with Crippen LogP contribution in [0.25, 0.3) is 10.8 Å². The molecule has 0 fully saturated rings. The average molecular weight is 210 g/mol. The van der Waals surface area contributed by atoms with Crippen LogP contribution in [0.3, 0.4) is 0 Å². The normalized spacial score (nSPS) is 9.00. The SMILES string of the molecule is O=[P+](O)O.c1ccc2cnccc2c1. The van der Waals surface area contributed by atoms with Gasteiger partial charge in [0.25, 0.3) is 0 Å². The Morgan fingerprint density at radius 3 is 2.21 bits per heavy atom. The third kappa shape index (κ3) is 3.58. The van der Waals surface area contributed by atoms with Crippen LogP contribution in [0.1, 0.15) is 0 Å². The average Bonchev–Trinajstić information content (AvgIpc) is 2.17. The second-order valence-corrected chi connectivity index (χ2v) is 2.98. The first-order valence-electron chi connectivity index (χ1n) is 3.84. The lowest BCUT2D eigenvalue weighted by Crippen LogP contribution is -1.71. The Morgan fingerprint density at radius 2 is 1.64 bits per heavy atom. The third-order valence-electron chi connectivity index (χ3n) is 1.55. The highest BCUT2D eigenvalue weighted by Gasteiger charge is 1.93. The maximum absolute atomic E-state index is 8.70. The number of rotatable bonds is 0. The summed E-state index contributed by atoms with van der Waals surface area (Å²) in [6.07, 6.45) is 3.68. The Morgan fingerprint density at radius 1 is 1.07 bits per heavy atom. The van der Waals surface area contributed by atoms with Gasteiger partial charge in [-0.2, -0.15) is 0 Å². The minimum Gasteiger partial charge on any atom is -0.264 e. The number of hydrogen-bond acceptors (Lipinski definition) is 2. The molecule has 4 nitrogen and oxygen atoms in total. The zero-order chi connectivity index (χ0) is 10.4. The van der Waals surface area contributed by atoms with E-state index in [1.165, 1.54) is 10.8 Å². The Kier molecular flexibility index (Phi) is 4.13. The van der Waals surface area contributed by atoms with E-state index in [1.54, 1.807) is 0 Å². The van der Waals surface area contributed by atoms with Gasteiger partial charge < -0.3 is 0 Å². The zero-order valence-electron chi connectivity index (χ0n) is 7.24. The molecule has 0 aliphatic carbocycles. The summed E-state index contributed by atoms with van der Waals surface area (Å²) >= 11 is 0. The molecule has 0 aliphatic rings. The van der Waals surface area contributed by atoms with E-state index in [-0.39, 0.29) is 0 Å². The van der Waals surface area contributed by atoms with Gasteiger partial charge in [-0.25, -0.2) is 0 Å². The van der Waals surface area contributed by atoms with Crippen LogP contribution in [-0.4, -0.2) is 14.8 Å². The molecule has 0 unspecified atom stereocenters. The van der Waals surface area contributed by atoms with E-state index in [0.717, 1.165) is 0 Å². The lowest BCUT2D eigenvalue weighted by Gasteiger charge is -1.91. The van der Waals surface area contributed by atoms with Gasteiger partial charge in [0.1, 0.15) is 0 Å². The standard InChI is InChI=1S/C9H7N.HO3P/c1-2-4-9-7-10-6-5-8(9)3-1;1-4(2)3/h1-7H;(H-,1,2,3)/p+1. The Labute approximate surface area is 81.8 Å². The van der Waals surface area contributed by atoms with Crippen LogP contribution in [-0.2, 0) is 4.57 Å². The first-order chi connectivity index (χ1) is 6.70. The highest BCUT2D eigenvalue weighted by molar-refractivity contribution is 7.30. The molecule has 1 aromatic carbocycles. The van der Waals surface area contributed by atoms with Crippen LogP contribution < -0.4 is 0 Å². The fraction of sp³-hybridized carbons (Fsp3) is 0. The molecule has 2 N–H and O–H groups in total. The smallest absolute Gasteiger partial charge is 0.264 e. The lowest BCUT2D eigenvalue weighted by molar-refractivity contribution is 0.405. The second kappa shape index (κ2) is 5.40. The van der Waals surface area contributed by atoms with Crippen LogP contribution >= 0.6 is 8.25 Å². The summed E-state index contributed by atoms with van der Waals surface area (Å²) in [6.45, 7) is 0. The molecule has 0 atom stereocenters. The van der Waals surface area contributed by atoms with E-state index in [4.69, 9.17) is 14.4 Å². The number of pyridine rings is 1. The molecule has 0 saturated heterocycles. The first kappa shape index (κ1) is 10.7. The summed E-state index contributed by atoms with van der Waals surface area (Å²) in [5.41, 5.74) is 0. The maximum atomic E-state index is 8.70. The summed E-state index contributed by atoms with van der Waals surface area (Å²) < 4.78 is 8.70. The molecule has 2 aromatic rings. The molecular weight excluding hydrogens is 201 g/mol. The molecule has 0 radical (unpaired) electrons. The number of hydrogen-bond donors (Lipinski definition) is 2. The molecule has 0 aliphatic heterocycles. The van der Waals surface area contributed by atoms with Crippen molar-refractivity contribution in [3.63, 3.8) is 0 Å². The second-order valence-electron chi connectivity index (χ2n) is 2.48. The molecule has 2 rings (SSSR count). The van der Waals surface area contributed by atoms with Crippen LogP contribution in [0.15, 0.2) is 42.7 Å². The van der Waals surface area contributed by atoms with E-state index in [9.17, 15) is 0 Å². The third-order valence-corrected chi connectivity index (χ3v) is 1.55. The predicted molar refractivity (Wildman–Crippen MR) is 53.8 cm³/mol. The quantitative estimate of drug-likeness (QED) is 0.651. The largest absolute Gasteiger partial charge is 0.692 e. The predicted octanol–water partition coefficient (Wildman–Crippen LogP) is 1.86. The first-order valence-corrected chi connectivity index (χ1v) is 5.00. The fourth-order valence-electron chi connectivity index (χ4n) is 1.03. The minimum atomic E-state index is -2.87. The van der Waals surface area contributed by atoms with Crippen molar-refractivity contribution < 1.29 is 14.4 Å². The molecule has 5 heteroatoms. The van der Waals surface area contributed by atoms with Gasteiger partial charge in [0.15, 0.2) is 0 Å². The van der Waals surface area contributed by atoms with E-state index in [2.05, 4.69) is 17.1 Å². The van der Waals surface area contributed by atoms with E-state index < -0.39 is 8.25 Å². The van der Waals surface area contributed by atoms with Gasteiger partial charge in [0.2, 0.25) is 0 Å². The van der Waals surface area contributed by atoms with Gasteiger partial charge in [-0.05, 0) is 16.8 Å². The van der Waals surface area contributed by atoms with Gasteiger partial charge in [-0.3, -0.25) is 4.98 Å². The van der Waals surface area contributed by atoms with Gasteiger partial charge in [0.05, 0.1) is 0 Å². The molecule has 0 spiro atoms. The van der Waals surface area contributed by atoms with Crippen molar-refractivity contribution in [2.75, 3.05) is 0 Å². The van der Waals surface area contributed by atoms with Crippen LogP contribution in [0.5, 0.6) is 0 Å². The monoisotopic (exact) mass is 210 g/mol. The summed E-state index contributed by atoms with van der Waals surface area (Å²) in [5, 5.41) is 2.45. The molecule has 72 valence electrons. The summed E-state index contributed by atoms with van der Waals surface area (Å²) in [5.74, 6) is 0. The van der Waals surface area contributed by atoms with Gasteiger partial charge in [-0.15, -0.1) is 9.79 Å². The Balaban J connectivity index is 0.000000213. The van der Waals surface area contributed by atoms with E-state index >= 15 is 0 Å². The Bertz CT molecular complexity index is 364. The number of aromatic nitrogens is 1. The number of fused-ring (bicyclic) bond motifs is 1. The number of benzene rings is 1. The van der Waals surface area contributed by atoms with Crippen molar-refractivity contribution in [2.45, 2.75) is 0 Å². The molecule has 0 saturated carbocycles. The van der Waals surface area contributed by atoms with Crippen molar-refractivity contribution in [3.05, 3.63) is 42.7 Å². The van der Waals surface area contributed by atoms with Crippen LogP contribution in [0, 0.1) is 0 Å². The van der Waals surface area contributed by atoms with Crippen molar-refractivity contribution in [1.82, 2.24) is 4.98 Å². The topological polar surface area (TPSA) is 70.4 Å². The van der Waals surface area contributed by atoms with Gasteiger partial charge in [0, 0.05) is 17.0 Å². The molecule has 14 heavy (non-hydrogen) atoms.